The monoisotopic (exact) mass is 527 g/mol. The number of carbonyl (C=O) groups excluding carboxylic acids is 2. The molecule has 3 aromatic carbocycles. The number of rotatable bonds is 9. The first-order valence-electron chi connectivity index (χ1n) is 11.0. The van der Waals surface area contributed by atoms with Gasteiger partial charge in [0.1, 0.15) is 30.5 Å². The van der Waals surface area contributed by atoms with Crippen molar-refractivity contribution in [2.75, 3.05) is 19.8 Å². The molecule has 3 N–H and O–H groups in total. The fourth-order valence-corrected chi connectivity index (χ4v) is 3.32. The van der Waals surface area contributed by atoms with Crippen LogP contribution >= 0.6 is 23.8 Å². The van der Waals surface area contributed by atoms with Crippen LogP contribution in [0.4, 0.5) is 0 Å². The number of halogens is 1. The van der Waals surface area contributed by atoms with E-state index in [1.54, 1.807) is 36.4 Å². The van der Waals surface area contributed by atoms with Gasteiger partial charge in [-0.25, -0.2) is 0 Å². The summed E-state index contributed by atoms with van der Waals surface area (Å²) in [6.45, 7) is 4.12. The van der Waals surface area contributed by atoms with Crippen molar-refractivity contribution in [1.82, 2.24) is 16.2 Å². The van der Waals surface area contributed by atoms with Crippen LogP contribution in [0.25, 0.3) is 0 Å². The lowest BCUT2D eigenvalue weighted by atomic mass is 10.1. The molecule has 36 heavy (non-hydrogen) atoms. The molecule has 0 aromatic heterocycles. The van der Waals surface area contributed by atoms with Crippen molar-refractivity contribution in [2.24, 2.45) is 0 Å². The highest BCUT2D eigenvalue weighted by Gasteiger charge is 2.11. The number of para-hydroxylation sites is 1. The second kappa shape index (κ2) is 13.3. The summed E-state index contributed by atoms with van der Waals surface area (Å²) in [6, 6.07) is 19.5. The van der Waals surface area contributed by atoms with Crippen LogP contribution in [0.3, 0.4) is 0 Å². The summed E-state index contributed by atoms with van der Waals surface area (Å²) in [6.07, 6.45) is 0. The highest BCUT2D eigenvalue weighted by molar-refractivity contribution is 7.80. The van der Waals surface area contributed by atoms with Gasteiger partial charge in [0, 0.05) is 10.6 Å². The number of benzene rings is 3. The molecule has 3 rings (SSSR count). The predicted octanol–water partition coefficient (Wildman–Crippen LogP) is 4.13. The van der Waals surface area contributed by atoms with Crippen molar-refractivity contribution in [3.63, 3.8) is 0 Å². The van der Waals surface area contributed by atoms with Crippen molar-refractivity contribution in [1.29, 1.82) is 0 Å². The van der Waals surface area contributed by atoms with E-state index in [1.165, 1.54) is 0 Å². The number of hydrazine groups is 1. The van der Waals surface area contributed by atoms with Gasteiger partial charge in [0.15, 0.2) is 11.7 Å². The number of thiocarbonyl (C=S) groups is 1. The van der Waals surface area contributed by atoms with E-state index in [-0.39, 0.29) is 11.7 Å². The fraction of sp³-hybridized carbons (Fsp3) is 0.192. The summed E-state index contributed by atoms with van der Waals surface area (Å²) in [4.78, 5) is 24.6. The molecular formula is C26H26ClN3O5S. The highest BCUT2D eigenvalue weighted by Crippen LogP contribution is 2.25. The summed E-state index contributed by atoms with van der Waals surface area (Å²) in [5.41, 5.74) is 6.89. The molecule has 0 aliphatic rings. The normalized spacial score (nSPS) is 10.2. The maximum absolute atomic E-state index is 12.5. The average molecular weight is 528 g/mol. The number of ether oxygens (including phenoxy) is 3. The zero-order valence-electron chi connectivity index (χ0n) is 19.8. The molecule has 0 saturated carbocycles. The Morgan fingerprint density at radius 1 is 0.806 bits per heavy atom. The number of amides is 2. The minimum absolute atomic E-state index is 0.0749. The zero-order chi connectivity index (χ0) is 25.9. The highest BCUT2D eigenvalue weighted by atomic mass is 35.5. The third-order valence-corrected chi connectivity index (χ3v) is 5.58. The zero-order valence-corrected chi connectivity index (χ0v) is 21.4. The first kappa shape index (κ1) is 26.8. The second-order valence-electron chi connectivity index (χ2n) is 7.65. The van der Waals surface area contributed by atoms with Gasteiger partial charge in [0.2, 0.25) is 0 Å². The minimum atomic E-state index is -0.482. The van der Waals surface area contributed by atoms with Gasteiger partial charge in [-0.05, 0) is 79.7 Å². The fourth-order valence-electron chi connectivity index (χ4n) is 3.07. The molecule has 0 aliphatic carbocycles. The van der Waals surface area contributed by atoms with Crippen molar-refractivity contribution < 1.29 is 23.8 Å². The molecule has 0 atom stereocenters. The van der Waals surface area contributed by atoms with Gasteiger partial charge < -0.3 is 14.2 Å². The molecule has 10 heteroatoms. The molecule has 8 nitrogen and oxygen atoms in total. The van der Waals surface area contributed by atoms with Gasteiger partial charge in [-0.3, -0.25) is 25.8 Å². The molecule has 0 spiro atoms. The van der Waals surface area contributed by atoms with Crippen LogP contribution in [0.1, 0.15) is 21.5 Å². The van der Waals surface area contributed by atoms with E-state index >= 15 is 0 Å². The number of aryl methyl sites for hydroxylation is 2. The van der Waals surface area contributed by atoms with Crippen molar-refractivity contribution in [2.45, 2.75) is 13.8 Å². The Bertz CT molecular complexity index is 1200. The Morgan fingerprint density at radius 3 is 2.14 bits per heavy atom. The quantitative estimate of drug-likeness (QED) is 0.219. The Hall–Kier alpha value is -3.82. The topological polar surface area (TPSA) is 97.9 Å². The summed E-state index contributed by atoms with van der Waals surface area (Å²) in [7, 11) is 0. The van der Waals surface area contributed by atoms with E-state index in [0.717, 1.165) is 16.9 Å². The van der Waals surface area contributed by atoms with Crippen LogP contribution in [0.2, 0.25) is 5.02 Å². The van der Waals surface area contributed by atoms with E-state index < -0.39 is 11.8 Å². The average Bonchev–Trinajstić information content (AvgIpc) is 2.88. The van der Waals surface area contributed by atoms with E-state index in [1.807, 2.05) is 44.2 Å². The Kier molecular flexibility index (Phi) is 9.91. The van der Waals surface area contributed by atoms with E-state index in [0.29, 0.717) is 35.3 Å². The summed E-state index contributed by atoms with van der Waals surface area (Å²) < 4.78 is 16.7. The van der Waals surface area contributed by atoms with E-state index in [9.17, 15) is 9.59 Å². The summed E-state index contributed by atoms with van der Waals surface area (Å²) in [5, 5.41) is 3.07. The predicted molar refractivity (Wildman–Crippen MR) is 142 cm³/mol. The molecule has 0 aliphatic heterocycles. The third kappa shape index (κ3) is 8.44. The Balaban J connectivity index is 1.39. The smallest absolute Gasteiger partial charge is 0.276 e. The molecular weight excluding hydrogens is 502 g/mol. The second-order valence-corrected chi connectivity index (χ2v) is 8.44. The number of carbonyl (C=O) groups is 2. The molecule has 0 radical (unpaired) electrons. The number of hydrogen-bond acceptors (Lipinski definition) is 6. The molecule has 188 valence electrons. The van der Waals surface area contributed by atoms with Gasteiger partial charge >= 0.3 is 0 Å². The van der Waals surface area contributed by atoms with Crippen LogP contribution in [-0.4, -0.2) is 36.7 Å². The summed E-state index contributed by atoms with van der Waals surface area (Å²) >= 11 is 11.2. The van der Waals surface area contributed by atoms with Crippen LogP contribution in [0.15, 0.2) is 66.7 Å². The largest absolute Gasteiger partial charge is 0.490 e. The third-order valence-electron chi connectivity index (χ3n) is 4.78. The van der Waals surface area contributed by atoms with Gasteiger partial charge in [0.25, 0.3) is 11.8 Å². The van der Waals surface area contributed by atoms with Crippen LogP contribution < -0.4 is 30.4 Å². The van der Waals surface area contributed by atoms with Crippen molar-refractivity contribution in [3.05, 3.63) is 88.4 Å². The first-order valence-corrected chi connectivity index (χ1v) is 11.8. The Labute approximate surface area is 219 Å². The Morgan fingerprint density at radius 2 is 1.44 bits per heavy atom. The molecule has 0 bridgehead atoms. The maximum atomic E-state index is 12.5. The van der Waals surface area contributed by atoms with Crippen LogP contribution in [0, 0.1) is 13.8 Å². The van der Waals surface area contributed by atoms with Crippen LogP contribution in [-0.2, 0) is 4.79 Å². The van der Waals surface area contributed by atoms with Crippen molar-refractivity contribution >= 4 is 40.7 Å². The molecule has 0 saturated heterocycles. The van der Waals surface area contributed by atoms with E-state index in [2.05, 4.69) is 16.2 Å². The lowest BCUT2D eigenvalue weighted by Crippen LogP contribution is -2.49. The molecule has 0 fully saturated rings. The van der Waals surface area contributed by atoms with Gasteiger partial charge in [-0.1, -0.05) is 35.9 Å². The van der Waals surface area contributed by atoms with Crippen LogP contribution in [0.5, 0.6) is 17.2 Å². The number of nitrogens with one attached hydrogen (secondary N) is 3. The first-order chi connectivity index (χ1) is 17.3. The van der Waals surface area contributed by atoms with Gasteiger partial charge in [-0.15, -0.1) is 0 Å². The minimum Gasteiger partial charge on any atom is -0.490 e. The van der Waals surface area contributed by atoms with Gasteiger partial charge in [0.05, 0.1) is 0 Å². The molecule has 0 heterocycles. The summed E-state index contributed by atoms with van der Waals surface area (Å²) in [5.74, 6) is 0.843. The molecule has 0 unspecified atom stereocenters. The van der Waals surface area contributed by atoms with E-state index in [4.69, 9.17) is 38.0 Å². The molecule has 3 aromatic rings. The standard InChI is InChI=1S/C26H26ClN3O5S/c1-17-13-22(14-18(2)24(17)27)35-16-23(31)29-30-26(36)28-25(32)19-7-6-10-21(15-19)34-12-11-33-20-8-4-3-5-9-20/h3-10,13-15H,11-12,16H2,1-2H3,(H,29,31)(H2,28,30,32,36). The maximum Gasteiger partial charge on any atom is 0.276 e. The van der Waals surface area contributed by atoms with Gasteiger partial charge in [-0.2, -0.15) is 0 Å². The molecule has 2 amide bonds. The number of hydrogen-bond donors (Lipinski definition) is 3. The van der Waals surface area contributed by atoms with Crippen molar-refractivity contribution in [3.8, 4) is 17.2 Å². The lowest BCUT2D eigenvalue weighted by molar-refractivity contribution is -0.123. The lowest BCUT2D eigenvalue weighted by Gasteiger charge is -2.13. The SMILES string of the molecule is Cc1cc(OCC(=O)NNC(=S)NC(=O)c2cccc(OCCOc3ccccc3)c2)cc(C)c1Cl.